The van der Waals surface area contributed by atoms with Crippen LogP contribution in [0.3, 0.4) is 0 Å². The van der Waals surface area contributed by atoms with Gasteiger partial charge < -0.3 is 38.5 Å². The molecule has 0 spiro atoms. The Morgan fingerprint density at radius 3 is 1.81 bits per heavy atom. The van der Waals surface area contributed by atoms with Crippen molar-refractivity contribution in [3.63, 3.8) is 0 Å². The first-order valence-electron chi connectivity index (χ1n) is 10.9. The van der Waals surface area contributed by atoms with Gasteiger partial charge in [-0.25, -0.2) is 4.79 Å². The topological polar surface area (TPSA) is 162 Å². The summed E-state index contributed by atoms with van der Waals surface area (Å²) in [6.45, 7) is 4.47. The van der Waals surface area contributed by atoms with Gasteiger partial charge in [0.25, 0.3) is 0 Å². The molecular formula is C23H27NO12. The van der Waals surface area contributed by atoms with Crippen molar-refractivity contribution in [1.29, 1.82) is 0 Å². The largest absolute Gasteiger partial charge is 0.458 e. The van der Waals surface area contributed by atoms with Gasteiger partial charge >= 0.3 is 30.0 Å². The molecule has 1 aliphatic carbocycles. The number of ether oxygens (including phenoxy) is 7. The Bertz CT molecular complexity index is 1040. The lowest BCUT2D eigenvalue weighted by Crippen LogP contribution is -2.68. The molecule has 13 heteroatoms. The van der Waals surface area contributed by atoms with Crippen LogP contribution in [0, 0.1) is 0 Å². The van der Waals surface area contributed by atoms with Gasteiger partial charge in [-0.15, -0.1) is 0 Å². The molecule has 3 rings (SSSR count). The lowest BCUT2D eigenvalue weighted by atomic mass is 9.72. The van der Waals surface area contributed by atoms with Crippen LogP contribution in [0.2, 0.25) is 0 Å². The van der Waals surface area contributed by atoms with Gasteiger partial charge in [-0.2, -0.15) is 0 Å². The van der Waals surface area contributed by atoms with E-state index in [0.29, 0.717) is 17.1 Å². The summed E-state index contributed by atoms with van der Waals surface area (Å²) >= 11 is 0. The van der Waals surface area contributed by atoms with Gasteiger partial charge in [-0.05, 0) is 17.7 Å². The van der Waals surface area contributed by atoms with E-state index in [-0.39, 0.29) is 6.79 Å². The van der Waals surface area contributed by atoms with Crippen molar-refractivity contribution >= 4 is 30.0 Å². The molecule has 0 aromatic heterocycles. The third-order valence-corrected chi connectivity index (χ3v) is 5.53. The maximum atomic E-state index is 12.4. The minimum atomic E-state index is -1.45. The lowest BCUT2D eigenvalue weighted by molar-refractivity contribution is -0.217. The molecule has 13 nitrogen and oxygen atoms in total. The van der Waals surface area contributed by atoms with E-state index in [1.165, 1.54) is 0 Å². The molecule has 0 unspecified atom stereocenters. The molecule has 1 N–H and O–H groups in total. The van der Waals surface area contributed by atoms with Crippen molar-refractivity contribution in [2.45, 2.75) is 64.1 Å². The third kappa shape index (κ3) is 5.96. The molecule has 1 amide bonds. The van der Waals surface area contributed by atoms with Crippen molar-refractivity contribution in [3.05, 3.63) is 23.8 Å². The van der Waals surface area contributed by atoms with Crippen LogP contribution in [0.25, 0.3) is 0 Å². The highest BCUT2D eigenvalue weighted by molar-refractivity contribution is 5.71. The molecule has 36 heavy (non-hydrogen) atoms. The summed E-state index contributed by atoms with van der Waals surface area (Å²) in [5, 5.41) is 2.59. The summed E-state index contributed by atoms with van der Waals surface area (Å²) in [4.78, 5) is 60.7. The van der Waals surface area contributed by atoms with Crippen molar-refractivity contribution in [2.75, 3.05) is 13.9 Å². The molecular weight excluding hydrogens is 482 g/mol. The first-order valence-corrected chi connectivity index (χ1v) is 10.9. The minimum Gasteiger partial charge on any atom is -0.458 e. The van der Waals surface area contributed by atoms with Crippen LogP contribution < -0.4 is 14.8 Å². The first-order chi connectivity index (χ1) is 17.0. The third-order valence-electron chi connectivity index (χ3n) is 5.53. The maximum Gasteiger partial charge on any atom is 0.407 e. The molecule has 1 aromatic carbocycles. The van der Waals surface area contributed by atoms with E-state index in [9.17, 15) is 24.0 Å². The van der Waals surface area contributed by atoms with Crippen molar-refractivity contribution in [3.8, 4) is 11.5 Å². The summed E-state index contributed by atoms with van der Waals surface area (Å²) in [7, 11) is 1.13. The second-order valence-corrected chi connectivity index (χ2v) is 8.10. The predicted octanol–water partition coefficient (Wildman–Crippen LogP) is 0.964. The average Bonchev–Trinajstić information content (AvgIpc) is 3.25. The molecule has 6 atom stereocenters. The zero-order valence-corrected chi connectivity index (χ0v) is 20.3. The standard InChI is InChI=1S/C23H27NO12/c1-10(25)33-19-17(14-6-7-15-16(8-14)32-9-31-15)18(24-23(29)30-5)20(34-11(2)26)22(36-13(4)28)21(19)35-12(3)27/h6-8,17-22H,9H2,1-5H3,(H,24,29)/t17-,18-,19-,20+,21-,22+/m1/s1. The van der Waals surface area contributed by atoms with E-state index in [4.69, 9.17) is 33.2 Å². The molecule has 2 aliphatic rings. The molecule has 1 aliphatic heterocycles. The van der Waals surface area contributed by atoms with Crippen LogP contribution >= 0.6 is 0 Å². The molecule has 1 saturated carbocycles. The number of esters is 4. The van der Waals surface area contributed by atoms with E-state index in [0.717, 1.165) is 34.8 Å². The van der Waals surface area contributed by atoms with E-state index >= 15 is 0 Å². The Kier molecular flexibility index (Phi) is 8.22. The summed E-state index contributed by atoms with van der Waals surface area (Å²) in [6, 6.07) is 3.65. The monoisotopic (exact) mass is 509 g/mol. The van der Waals surface area contributed by atoms with E-state index < -0.39 is 66.3 Å². The molecule has 1 heterocycles. The summed E-state index contributed by atoms with van der Waals surface area (Å²) in [5.74, 6) is -3.25. The molecule has 0 radical (unpaired) electrons. The second kappa shape index (κ2) is 11.1. The van der Waals surface area contributed by atoms with Crippen molar-refractivity contribution < 1.29 is 57.1 Å². The van der Waals surface area contributed by atoms with Crippen LogP contribution in [-0.2, 0) is 42.9 Å². The fourth-order valence-corrected chi connectivity index (χ4v) is 4.39. The fourth-order valence-electron chi connectivity index (χ4n) is 4.39. The Hall–Kier alpha value is -4.03. The van der Waals surface area contributed by atoms with Gasteiger partial charge in [-0.1, -0.05) is 6.07 Å². The quantitative estimate of drug-likeness (QED) is 0.428. The smallest absolute Gasteiger partial charge is 0.407 e. The van der Waals surface area contributed by atoms with Crippen molar-refractivity contribution in [2.24, 2.45) is 0 Å². The number of nitrogens with one attached hydrogen (secondary N) is 1. The highest BCUT2D eigenvalue weighted by Crippen LogP contribution is 2.43. The molecule has 196 valence electrons. The zero-order valence-electron chi connectivity index (χ0n) is 20.3. The van der Waals surface area contributed by atoms with Crippen LogP contribution in [0.5, 0.6) is 11.5 Å². The predicted molar refractivity (Wildman–Crippen MR) is 117 cm³/mol. The minimum absolute atomic E-state index is 0.0126. The van der Waals surface area contributed by atoms with Gasteiger partial charge in [0.2, 0.25) is 6.79 Å². The molecule has 0 saturated heterocycles. The fraction of sp³-hybridized carbons (Fsp3) is 0.522. The summed E-state index contributed by atoms with van der Waals surface area (Å²) in [6.07, 6.45) is -6.45. The number of alkyl carbamates (subject to hydrolysis) is 1. The number of fused-ring (bicyclic) bond motifs is 1. The summed E-state index contributed by atoms with van der Waals surface area (Å²) in [5.41, 5.74) is 0.447. The van der Waals surface area contributed by atoms with Gasteiger partial charge in [0.05, 0.1) is 13.2 Å². The highest BCUT2D eigenvalue weighted by atomic mass is 16.7. The van der Waals surface area contributed by atoms with Crippen LogP contribution in [0.15, 0.2) is 18.2 Å². The average molecular weight is 509 g/mol. The van der Waals surface area contributed by atoms with Gasteiger partial charge in [0, 0.05) is 33.6 Å². The number of hydrogen-bond donors (Lipinski definition) is 1. The Morgan fingerprint density at radius 1 is 0.750 bits per heavy atom. The van der Waals surface area contributed by atoms with Gasteiger partial charge in [-0.3, -0.25) is 19.2 Å². The van der Waals surface area contributed by atoms with Gasteiger partial charge in [0.1, 0.15) is 0 Å². The number of carbonyl (C=O) groups excluding carboxylic acids is 5. The van der Waals surface area contributed by atoms with Crippen LogP contribution in [0.4, 0.5) is 4.79 Å². The normalized spacial score (nSPS) is 26.2. The van der Waals surface area contributed by atoms with Crippen molar-refractivity contribution in [1.82, 2.24) is 5.32 Å². The number of hydrogen-bond acceptors (Lipinski definition) is 12. The highest BCUT2D eigenvalue weighted by Gasteiger charge is 2.58. The number of carbonyl (C=O) groups is 5. The molecule has 0 bridgehead atoms. The molecule has 1 aromatic rings. The Balaban J connectivity index is 2.24. The first kappa shape index (κ1) is 26.6. The summed E-state index contributed by atoms with van der Waals surface area (Å²) < 4.78 is 37.5. The SMILES string of the molecule is COC(=O)N[C@H]1[C@H](OC(C)=O)[C@H](OC(C)=O)[C@H](OC(C)=O)[C@H](OC(C)=O)[C@@H]1c1ccc2c(c1)OCO2. The number of methoxy groups -OCH3 is 1. The van der Waals surface area contributed by atoms with E-state index in [1.54, 1.807) is 18.2 Å². The molecule has 1 fully saturated rings. The van der Waals surface area contributed by atoms with E-state index in [1.807, 2.05) is 0 Å². The number of benzene rings is 1. The van der Waals surface area contributed by atoms with E-state index in [2.05, 4.69) is 5.32 Å². The lowest BCUT2D eigenvalue weighted by Gasteiger charge is -2.48. The van der Waals surface area contributed by atoms with Gasteiger partial charge in [0.15, 0.2) is 35.9 Å². The zero-order chi connectivity index (χ0) is 26.6. The van der Waals surface area contributed by atoms with Crippen LogP contribution in [-0.4, -0.2) is 74.3 Å². The Morgan fingerprint density at radius 2 is 1.25 bits per heavy atom. The van der Waals surface area contributed by atoms with Crippen LogP contribution in [0.1, 0.15) is 39.2 Å². The number of amides is 1. The number of rotatable bonds is 6. The second-order valence-electron chi connectivity index (χ2n) is 8.10. The maximum absolute atomic E-state index is 12.4. The Labute approximate surface area is 206 Å².